The molecule has 2 aliphatic rings. The third kappa shape index (κ3) is 0.881. The lowest BCUT2D eigenvalue weighted by Gasteiger charge is -2.50. The Hall–Kier alpha value is 0.270. The number of hydrogen-bond acceptors (Lipinski definition) is 3. The normalized spacial score (nSPS) is 32.1. The van der Waals surface area contributed by atoms with E-state index in [1.54, 1.807) is 0 Å². The summed E-state index contributed by atoms with van der Waals surface area (Å²) >= 11 is 4.43. The molecular formula is C7H13NOS. The van der Waals surface area contributed by atoms with Gasteiger partial charge in [-0.1, -0.05) is 12.8 Å². The van der Waals surface area contributed by atoms with Gasteiger partial charge in [-0.3, -0.25) is 0 Å². The van der Waals surface area contributed by atoms with Crippen molar-refractivity contribution in [2.45, 2.75) is 24.8 Å². The maximum atomic E-state index is 5.41. The standard InChI is InChI=1S/C7H13NOS/c10-8-4-5-9-6-7(8)2-1-3-7/h10H,1-6H2. The van der Waals surface area contributed by atoms with Crippen molar-refractivity contribution < 1.29 is 4.74 Å². The molecule has 1 aliphatic heterocycles. The Morgan fingerprint density at radius 1 is 1.40 bits per heavy atom. The van der Waals surface area contributed by atoms with Crippen LogP contribution in [0.2, 0.25) is 0 Å². The van der Waals surface area contributed by atoms with Gasteiger partial charge in [-0.05, 0) is 19.3 Å². The van der Waals surface area contributed by atoms with Crippen molar-refractivity contribution in [3.63, 3.8) is 0 Å². The maximum Gasteiger partial charge on any atom is 0.0659 e. The van der Waals surface area contributed by atoms with Gasteiger partial charge in [-0.25, -0.2) is 4.31 Å². The molecule has 1 heterocycles. The summed E-state index contributed by atoms with van der Waals surface area (Å²) in [6, 6.07) is 0. The second-order valence-corrected chi connectivity index (χ2v) is 3.74. The van der Waals surface area contributed by atoms with Crippen LogP contribution in [0.5, 0.6) is 0 Å². The van der Waals surface area contributed by atoms with Crippen LogP contribution in [-0.4, -0.2) is 29.6 Å². The highest BCUT2D eigenvalue weighted by molar-refractivity contribution is 7.77. The molecular weight excluding hydrogens is 146 g/mol. The fourth-order valence-electron chi connectivity index (χ4n) is 1.71. The van der Waals surface area contributed by atoms with Crippen LogP contribution in [0.1, 0.15) is 19.3 Å². The average Bonchev–Trinajstić information content (AvgIpc) is 1.85. The van der Waals surface area contributed by atoms with Gasteiger partial charge in [0.25, 0.3) is 0 Å². The van der Waals surface area contributed by atoms with E-state index in [2.05, 4.69) is 17.1 Å². The Labute approximate surface area is 67.1 Å². The van der Waals surface area contributed by atoms with Gasteiger partial charge in [0.15, 0.2) is 0 Å². The summed E-state index contributed by atoms with van der Waals surface area (Å²) in [5, 5.41) is 0. The van der Waals surface area contributed by atoms with Crippen LogP contribution in [0.3, 0.4) is 0 Å². The summed E-state index contributed by atoms with van der Waals surface area (Å²) in [4.78, 5) is 0. The summed E-state index contributed by atoms with van der Waals surface area (Å²) in [6.07, 6.45) is 3.90. The van der Waals surface area contributed by atoms with E-state index in [1.807, 2.05) is 0 Å². The predicted octanol–water partition coefficient (Wildman–Crippen LogP) is 1.09. The second-order valence-electron chi connectivity index (χ2n) is 3.25. The van der Waals surface area contributed by atoms with Gasteiger partial charge >= 0.3 is 0 Å². The highest BCUT2D eigenvalue weighted by atomic mass is 32.1. The van der Waals surface area contributed by atoms with Crippen LogP contribution in [0, 0.1) is 0 Å². The lowest BCUT2D eigenvalue weighted by molar-refractivity contribution is -0.0591. The molecule has 0 unspecified atom stereocenters. The molecule has 1 aliphatic carbocycles. The van der Waals surface area contributed by atoms with Gasteiger partial charge in [-0.2, -0.15) is 0 Å². The van der Waals surface area contributed by atoms with Gasteiger partial charge in [0.05, 0.1) is 18.8 Å². The monoisotopic (exact) mass is 159 g/mol. The van der Waals surface area contributed by atoms with Gasteiger partial charge in [0, 0.05) is 6.54 Å². The molecule has 0 atom stereocenters. The minimum Gasteiger partial charge on any atom is -0.378 e. The fourth-order valence-corrected chi connectivity index (χ4v) is 2.05. The summed E-state index contributed by atoms with van der Waals surface area (Å²) in [6.45, 7) is 2.74. The minimum absolute atomic E-state index is 0.335. The molecule has 0 aromatic rings. The first-order valence-corrected chi connectivity index (χ1v) is 4.28. The topological polar surface area (TPSA) is 12.5 Å². The van der Waals surface area contributed by atoms with Crippen LogP contribution < -0.4 is 0 Å². The molecule has 1 spiro atoms. The Morgan fingerprint density at radius 3 is 2.60 bits per heavy atom. The molecule has 0 aromatic carbocycles. The molecule has 0 N–H and O–H groups in total. The summed E-state index contributed by atoms with van der Waals surface area (Å²) < 4.78 is 7.57. The highest BCUT2D eigenvalue weighted by Crippen LogP contribution is 2.40. The van der Waals surface area contributed by atoms with Gasteiger partial charge in [-0.15, -0.1) is 0 Å². The van der Waals surface area contributed by atoms with E-state index in [9.17, 15) is 0 Å². The third-order valence-corrected chi connectivity index (χ3v) is 3.27. The van der Waals surface area contributed by atoms with Crippen molar-refractivity contribution in [3.8, 4) is 0 Å². The second kappa shape index (κ2) is 2.40. The van der Waals surface area contributed by atoms with Crippen LogP contribution in [0.4, 0.5) is 0 Å². The van der Waals surface area contributed by atoms with Crippen molar-refractivity contribution in [2.75, 3.05) is 19.8 Å². The van der Waals surface area contributed by atoms with Crippen LogP contribution in [-0.2, 0) is 4.74 Å². The van der Waals surface area contributed by atoms with Crippen molar-refractivity contribution in [1.82, 2.24) is 4.31 Å². The number of hydrogen-bond donors (Lipinski definition) is 1. The van der Waals surface area contributed by atoms with E-state index < -0.39 is 0 Å². The highest BCUT2D eigenvalue weighted by Gasteiger charge is 2.43. The van der Waals surface area contributed by atoms with Crippen molar-refractivity contribution in [3.05, 3.63) is 0 Å². The van der Waals surface area contributed by atoms with E-state index >= 15 is 0 Å². The van der Waals surface area contributed by atoms with E-state index in [1.165, 1.54) is 19.3 Å². The Bertz CT molecular complexity index is 136. The van der Waals surface area contributed by atoms with Gasteiger partial charge in [0.2, 0.25) is 0 Å². The zero-order valence-electron chi connectivity index (χ0n) is 6.05. The van der Waals surface area contributed by atoms with Crippen molar-refractivity contribution >= 4 is 12.8 Å². The van der Waals surface area contributed by atoms with Crippen LogP contribution in [0.25, 0.3) is 0 Å². The summed E-state index contributed by atoms with van der Waals surface area (Å²) in [7, 11) is 0. The molecule has 0 amide bonds. The van der Waals surface area contributed by atoms with Crippen molar-refractivity contribution in [2.24, 2.45) is 0 Å². The minimum atomic E-state index is 0.335. The smallest absolute Gasteiger partial charge is 0.0659 e. The Kier molecular flexibility index (Phi) is 1.66. The molecule has 58 valence electrons. The molecule has 0 bridgehead atoms. The van der Waals surface area contributed by atoms with Crippen LogP contribution >= 0.6 is 12.8 Å². The van der Waals surface area contributed by atoms with Crippen molar-refractivity contribution in [1.29, 1.82) is 0 Å². The molecule has 2 nitrogen and oxygen atoms in total. The summed E-state index contributed by atoms with van der Waals surface area (Å²) in [5.41, 5.74) is 0.335. The molecule has 3 heteroatoms. The van der Waals surface area contributed by atoms with E-state index in [4.69, 9.17) is 4.74 Å². The molecule has 0 aromatic heterocycles. The number of rotatable bonds is 0. The number of ether oxygens (including phenoxy) is 1. The molecule has 1 saturated carbocycles. The number of nitrogens with zero attached hydrogens (tertiary/aromatic N) is 1. The Balaban J connectivity index is 2.03. The lowest BCUT2D eigenvalue weighted by atomic mass is 9.77. The zero-order chi connectivity index (χ0) is 7.03. The molecule has 2 rings (SSSR count). The quantitative estimate of drug-likeness (QED) is 0.531. The van der Waals surface area contributed by atoms with Gasteiger partial charge in [0.1, 0.15) is 0 Å². The average molecular weight is 159 g/mol. The van der Waals surface area contributed by atoms with E-state index in [-0.39, 0.29) is 0 Å². The lowest BCUT2D eigenvalue weighted by Crippen LogP contribution is -2.56. The molecule has 10 heavy (non-hydrogen) atoms. The third-order valence-electron chi connectivity index (χ3n) is 2.65. The Morgan fingerprint density at radius 2 is 2.20 bits per heavy atom. The molecule has 1 saturated heterocycles. The molecule has 0 radical (unpaired) electrons. The maximum absolute atomic E-state index is 5.41. The summed E-state index contributed by atoms with van der Waals surface area (Å²) in [5.74, 6) is 0. The van der Waals surface area contributed by atoms with Crippen LogP contribution in [0.15, 0.2) is 0 Å². The zero-order valence-corrected chi connectivity index (χ0v) is 6.94. The first-order valence-electron chi connectivity index (χ1n) is 3.88. The first kappa shape index (κ1) is 6.95. The van der Waals surface area contributed by atoms with Gasteiger partial charge < -0.3 is 4.74 Å². The first-order chi connectivity index (χ1) is 4.83. The number of thiol groups is 1. The SMILES string of the molecule is SN1CCOCC12CCC2. The number of morpholine rings is 1. The fraction of sp³-hybridized carbons (Fsp3) is 1.00. The largest absolute Gasteiger partial charge is 0.378 e. The molecule has 2 fully saturated rings. The van der Waals surface area contributed by atoms with E-state index in [0.29, 0.717) is 5.54 Å². The van der Waals surface area contributed by atoms with E-state index in [0.717, 1.165) is 19.8 Å². The predicted molar refractivity (Wildman–Crippen MR) is 43.1 cm³/mol.